The van der Waals surface area contributed by atoms with Crippen LogP contribution in [0.3, 0.4) is 0 Å². The lowest BCUT2D eigenvalue weighted by atomic mass is 10.3. The van der Waals surface area contributed by atoms with Crippen LogP contribution in [0, 0.1) is 0 Å². The lowest BCUT2D eigenvalue weighted by Crippen LogP contribution is -2.30. The molecule has 0 bridgehead atoms. The van der Waals surface area contributed by atoms with Gasteiger partial charge in [-0.25, -0.2) is 0 Å². The highest BCUT2D eigenvalue weighted by Gasteiger charge is 2.03. The summed E-state index contributed by atoms with van der Waals surface area (Å²) in [6.07, 6.45) is 2.21. The Bertz CT molecular complexity index is 263. The van der Waals surface area contributed by atoms with Crippen LogP contribution >= 0.6 is 0 Å². The molecule has 0 rings (SSSR count). The first-order valence-corrected chi connectivity index (χ1v) is 5.47. The third kappa shape index (κ3) is 10.9. The number of ketones is 1. The van der Waals surface area contributed by atoms with Crippen molar-refractivity contribution in [1.82, 2.24) is 5.32 Å². The van der Waals surface area contributed by atoms with Gasteiger partial charge in [0.1, 0.15) is 6.61 Å². The minimum absolute atomic E-state index is 0.0256. The van der Waals surface area contributed by atoms with Crippen LogP contribution in [0.25, 0.3) is 0 Å². The molecule has 1 unspecified atom stereocenters. The third-order valence-corrected chi connectivity index (χ3v) is 1.81. The topological polar surface area (TPSA) is 67.8 Å². The third-order valence-electron chi connectivity index (χ3n) is 1.81. The minimum Gasteiger partial charge on any atom is -0.499 e. The molecule has 0 spiro atoms. The van der Waals surface area contributed by atoms with Gasteiger partial charge in [-0.1, -0.05) is 6.58 Å². The number of nitrogens with one attached hydrogen (secondary N) is 1. The monoisotopic (exact) mass is 243 g/mol. The van der Waals surface area contributed by atoms with Gasteiger partial charge >= 0.3 is 0 Å². The van der Waals surface area contributed by atoms with Gasteiger partial charge in [0, 0.05) is 12.2 Å². The molecule has 5 heteroatoms. The summed E-state index contributed by atoms with van der Waals surface area (Å²) >= 11 is 0. The fourth-order valence-corrected chi connectivity index (χ4v) is 1.10. The van der Waals surface area contributed by atoms with Crippen LogP contribution in [0.15, 0.2) is 24.6 Å². The molecule has 0 aromatic heterocycles. The molecular formula is C12H21NO4. The van der Waals surface area contributed by atoms with Crippen LogP contribution in [0.4, 0.5) is 0 Å². The Balaban J connectivity index is 3.55. The molecular weight excluding hydrogens is 222 g/mol. The first-order valence-electron chi connectivity index (χ1n) is 5.47. The predicted octanol–water partition coefficient (Wildman–Crippen LogP) is 0.606. The van der Waals surface area contributed by atoms with Crippen molar-refractivity contribution in [2.24, 2.45) is 0 Å². The van der Waals surface area contributed by atoms with Crippen LogP contribution in [0.5, 0.6) is 0 Å². The molecule has 0 aliphatic rings. The number of hydrogen-bond donors (Lipinski definition) is 2. The zero-order chi connectivity index (χ0) is 13.1. The first-order chi connectivity index (χ1) is 8.06. The van der Waals surface area contributed by atoms with E-state index in [0.717, 1.165) is 5.70 Å². The fourth-order valence-electron chi connectivity index (χ4n) is 1.10. The number of aliphatic hydroxyl groups excluding tert-OH is 1. The lowest BCUT2D eigenvalue weighted by Gasteiger charge is -2.13. The van der Waals surface area contributed by atoms with Crippen LogP contribution < -0.4 is 5.32 Å². The zero-order valence-corrected chi connectivity index (χ0v) is 10.4. The number of aliphatic hydroxyl groups is 1. The van der Waals surface area contributed by atoms with Gasteiger partial charge in [0.2, 0.25) is 0 Å². The summed E-state index contributed by atoms with van der Waals surface area (Å²) in [5.74, 6) is -0.0256. The first kappa shape index (κ1) is 15.7. The number of rotatable bonds is 10. The molecule has 5 nitrogen and oxygen atoms in total. The van der Waals surface area contributed by atoms with Crippen molar-refractivity contribution < 1.29 is 19.4 Å². The second-order valence-electron chi connectivity index (χ2n) is 3.59. The second-order valence-corrected chi connectivity index (χ2v) is 3.59. The van der Waals surface area contributed by atoms with Crippen molar-refractivity contribution in [3.63, 3.8) is 0 Å². The summed E-state index contributed by atoms with van der Waals surface area (Å²) in [6, 6.07) is 0. The Hall–Kier alpha value is -1.33. The van der Waals surface area contributed by atoms with Gasteiger partial charge in [-0.3, -0.25) is 4.79 Å². The molecule has 0 radical (unpaired) electrons. The fraction of sp³-hybridized carbons (Fsp3) is 0.583. The molecule has 0 fully saturated rings. The molecule has 0 aromatic rings. The van der Waals surface area contributed by atoms with Crippen molar-refractivity contribution in [3.05, 3.63) is 24.6 Å². The summed E-state index contributed by atoms with van der Waals surface area (Å²) in [5.41, 5.74) is 0.728. The number of ether oxygens (including phenoxy) is 2. The van der Waals surface area contributed by atoms with E-state index in [1.807, 2.05) is 0 Å². The molecule has 1 atom stereocenters. The normalized spacial score (nSPS) is 13.0. The highest BCUT2D eigenvalue weighted by molar-refractivity contribution is 5.87. The number of allylic oxidation sites excluding steroid dienone is 2. The Morgan fingerprint density at radius 3 is 2.76 bits per heavy atom. The smallest absolute Gasteiger partial charge is 0.154 e. The molecule has 0 amide bonds. The Morgan fingerprint density at radius 1 is 1.47 bits per heavy atom. The van der Waals surface area contributed by atoms with E-state index in [9.17, 15) is 9.90 Å². The quantitative estimate of drug-likeness (QED) is 0.334. The van der Waals surface area contributed by atoms with E-state index in [1.54, 1.807) is 6.92 Å². The molecule has 98 valence electrons. The maximum atomic E-state index is 10.7. The molecule has 17 heavy (non-hydrogen) atoms. The van der Waals surface area contributed by atoms with Gasteiger partial charge in [0.05, 0.1) is 25.6 Å². The van der Waals surface area contributed by atoms with Crippen LogP contribution in [-0.2, 0) is 14.3 Å². The summed E-state index contributed by atoms with van der Waals surface area (Å²) < 4.78 is 10.0. The minimum atomic E-state index is -0.617. The van der Waals surface area contributed by atoms with Crippen molar-refractivity contribution >= 4 is 5.78 Å². The summed E-state index contributed by atoms with van der Waals surface area (Å²) in [6.45, 7) is 8.04. The molecule has 0 aliphatic carbocycles. The van der Waals surface area contributed by atoms with Crippen LogP contribution in [-0.4, -0.2) is 43.4 Å². The molecule has 2 N–H and O–H groups in total. The van der Waals surface area contributed by atoms with E-state index in [-0.39, 0.29) is 12.4 Å². The van der Waals surface area contributed by atoms with Gasteiger partial charge in [-0.15, -0.1) is 0 Å². The highest BCUT2D eigenvalue weighted by atomic mass is 16.5. The zero-order valence-electron chi connectivity index (χ0n) is 10.4. The Morgan fingerprint density at radius 2 is 2.18 bits per heavy atom. The van der Waals surface area contributed by atoms with E-state index in [4.69, 9.17) is 9.47 Å². The van der Waals surface area contributed by atoms with E-state index in [0.29, 0.717) is 19.8 Å². The average Bonchev–Trinajstić information content (AvgIpc) is 2.25. The van der Waals surface area contributed by atoms with E-state index < -0.39 is 6.10 Å². The molecule has 0 aromatic carbocycles. The van der Waals surface area contributed by atoms with Gasteiger partial charge in [-0.05, 0) is 19.9 Å². The van der Waals surface area contributed by atoms with Crippen LogP contribution in [0.2, 0.25) is 0 Å². The van der Waals surface area contributed by atoms with Gasteiger partial charge in [-0.2, -0.15) is 0 Å². The number of carbonyl (C=O) groups is 1. The highest BCUT2D eigenvalue weighted by Crippen LogP contribution is 1.90. The van der Waals surface area contributed by atoms with Crippen molar-refractivity contribution in [2.45, 2.75) is 20.0 Å². The standard InChI is InChI=1S/C12H21NO4/c1-4-16-5-6-17-9-12(15)8-13-10(2)7-11(3)14/h4,7,12-13,15H,1,5-6,8-9H2,2-3H3/b10-7+. The van der Waals surface area contributed by atoms with Gasteiger partial charge in [0.25, 0.3) is 0 Å². The largest absolute Gasteiger partial charge is 0.499 e. The molecule has 0 saturated heterocycles. The van der Waals surface area contributed by atoms with Crippen molar-refractivity contribution in [1.29, 1.82) is 0 Å². The van der Waals surface area contributed by atoms with E-state index in [2.05, 4.69) is 11.9 Å². The SMILES string of the molecule is C=COCCOCC(O)CN/C(C)=C/C(C)=O. The Kier molecular flexibility index (Phi) is 9.09. The number of carbonyl (C=O) groups excluding carboxylic acids is 1. The van der Waals surface area contributed by atoms with Crippen LogP contribution in [0.1, 0.15) is 13.8 Å². The van der Waals surface area contributed by atoms with Gasteiger partial charge < -0.3 is 19.9 Å². The summed E-state index contributed by atoms with van der Waals surface area (Å²) in [7, 11) is 0. The average molecular weight is 243 g/mol. The Labute approximate surface area is 102 Å². The maximum Gasteiger partial charge on any atom is 0.154 e. The lowest BCUT2D eigenvalue weighted by molar-refractivity contribution is -0.112. The summed E-state index contributed by atoms with van der Waals surface area (Å²) in [5, 5.41) is 12.5. The van der Waals surface area contributed by atoms with Crippen molar-refractivity contribution in [2.75, 3.05) is 26.4 Å². The maximum absolute atomic E-state index is 10.7. The van der Waals surface area contributed by atoms with E-state index in [1.165, 1.54) is 19.3 Å². The predicted molar refractivity (Wildman–Crippen MR) is 65.4 cm³/mol. The second kappa shape index (κ2) is 9.86. The van der Waals surface area contributed by atoms with Crippen molar-refractivity contribution in [3.8, 4) is 0 Å². The summed E-state index contributed by atoms with van der Waals surface area (Å²) in [4.78, 5) is 10.7. The van der Waals surface area contributed by atoms with E-state index >= 15 is 0 Å². The molecule has 0 aliphatic heterocycles. The van der Waals surface area contributed by atoms with Gasteiger partial charge in [0.15, 0.2) is 5.78 Å². The number of hydrogen-bond acceptors (Lipinski definition) is 5. The molecule has 0 saturated carbocycles. The molecule has 0 heterocycles.